The van der Waals surface area contributed by atoms with Crippen molar-refractivity contribution in [1.82, 2.24) is 0 Å². The summed E-state index contributed by atoms with van der Waals surface area (Å²) in [7, 11) is 1.58. The first-order chi connectivity index (χ1) is 10.6. The van der Waals surface area contributed by atoms with Crippen molar-refractivity contribution in [3.63, 3.8) is 0 Å². The van der Waals surface area contributed by atoms with Crippen molar-refractivity contribution in [2.45, 2.75) is 12.8 Å². The first-order valence-electron chi connectivity index (χ1n) is 7.12. The topological polar surface area (TPSA) is 63.6 Å². The molecule has 112 valence electrons. The highest BCUT2D eigenvalue weighted by Gasteiger charge is 2.27. The van der Waals surface area contributed by atoms with Gasteiger partial charge in [0.15, 0.2) is 5.78 Å². The van der Waals surface area contributed by atoms with Crippen molar-refractivity contribution in [1.29, 1.82) is 0 Å². The van der Waals surface area contributed by atoms with Crippen LogP contribution in [0.5, 0.6) is 5.75 Å². The molecule has 0 heterocycles. The maximum absolute atomic E-state index is 12.5. The predicted molar refractivity (Wildman–Crippen MR) is 81.4 cm³/mol. The van der Waals surface area contributed by atoms with Crippen LogP contribution in [0, 0.1) is 5.92 Å². The van der Waals surface area contributed by atoms with E-state index >= 15 is 0 Å². The van der Waals surface area contributed by atoms with Crippen LogP contribution in [0.3, 0.4) is 0 Å². The number of carboxylic acids is 1. The number of fused-ring (bicyclic) bond motifs is 1. The van der Waals surface area contributed by atoms with Gasteiger partial charge in [-0.3, -0.25) is 9.59 Å². The second kappa shape index (κ2) is 5.64. The molecule has 1 aliphatic rings. The molecule has 1 N–H and O–H groups in total. The molecule has 0 saturated heterocycles. The fourth-order valence-corrected chi connectivity index (χ4v) is 2.84. The maximum Gasteiger partial charge on any atom is 0.307 e. The lowest BCUT2D eigenvalue weighted by Crippen LogP contribution is -2.12. The van der Waals surface area contributed by atoms with Gasteiger partial charge in [-0.2, -0.15) is 0 Å². The Bertz CT molecular complexity index is 731. The normalized spacial score (nSPS) is 16.1. The van der Waals surface area contributed by atoms with Crippen LogP contribution in [0.15, 0.2) is 42.5 Å². The zero-order valence-electron chi connectivity index (χ0n) is 12.2. The molecule has 1 atom stereocenters. The number of ketones is 1. The van der Waals surface area contributed by atoms with E-state index in [1.54, 1.807) is 37.4 Å². The molecule has 1 aliphatic carbocycles. The van der Waals surface area contributed by atoms with Gasteiger partial charge in [-0.25, -0.2) is 0 Å². The van der Waals surface area contributed by atoms with Crippen molar-refractivity contribution in [2.24, 2.45) is 5.92 Å². The SMILES string of the molecule is COc1ccc(C(=O)c2ccc3c(c2)CC(C(=O)O)C3)cc1. The van der Waals surface area contributed by atoms with Crippen molar-refractivity contribution < 1.29 is 19.4 Å². The number of hydrogen-bond donors (Lipinski definition) is 1. The highest BCUT2D eigenvalue weighted by atomic mass is 16.5. The van der Waals surface area contributed by atoms with Crippen LogP contribution in [0.1, 0.15) is 27.0 Å². The minimum atomic E-state index is -0.778. The Morgan fingerprint density at radius 3 is 2.27 bits per heavy atom. The lowest BCUT2D eigenvalue weighted by atomic mass is 9.99. The number of carbonyl (C=O) groups is 2. The lowest BCUT2D eigenvalue weighted by Gasteiger charge is -2.05. The zero-order chi connectivity index (χ0) is 15.7. The largest absolute Gasteiger partial charge is 0.497 e. The minimum absolute atomic E-state index is 0.0655. The summed E-state index contributed by atoms with van der Waals surface area (Å²) in [6.45, 7) is 0. The van der Waals surface area contributed by atoms with Gasteiger partial charge in [-0.05, 0) is 54.3 Å². The maximum atomic E-state index is 12.5. The van der Waals surface area contributed by atoms with E-state index in [-0.39, 0.29) is 11.7 Å². The van der Waals surface area contributed by atoms with E-state index in [1.165, 1.54) is 0 Å². The summed E-state index contributed by atoms with van der Waals surface area (Å²) in [5, 5.41) is 9.11. The van der Waals surface area contributed by atoms with Crippen LogP contribution in [-0.2, 0) is 17.6 Å². The number of aliphatic carboxylic acids is 1. The Kier molecular flexibility index (Phi) is 3.67. The Morgan fingerprint density at radius 1 is 1.00 bits per heavy atom. The van der Waals surface area contributed by atoms with E-state index in [0.717, 1.165) is 11.1 Å². The summed E-state index contributed by atoms with van der Waals surface area (Å²) in [6, 6.07) is 12.4. The highest BCUT2D eigenvalue weighted by Crippen LogP contribution is 2.28. The molecule has 0 saturated carbocycles. The third-order valence-electron chi connectivity index (χ3n) is 4.10. The third-order valence-corrected chi connectivity index (χ3v) is 4.10. The molecule has 2 aromatic rings. The van der Waals surface area contributed by atoms with Gasteiger partial charge in [-0.15, -0.1) is 0 Å². The van der Waals surface area contributed by atoms with Gasteiger partial charge in [0.25, 0.3) is 0 Å². The van der Waals surface area contributed by atoms with Crippen LogP contribution in [0.25, 0.3) is 0 Å². The van der Waals surface area contributed by atoms with E-state index in [0.29, 0.717) is 29.7 Å². The Balaban J connectivity index is 1.85. The fourth-order valence-electron chi connectivity index (χ4n) is 2.84. The first kappa shape index (κ1) is 14.3. The molecular weight excluding hydrogens is 280 g/mol. The molecule has 2 aromatic carbocycles. The van der Waals surface area contributed by atoms with Gasteiger partial charge in [0.1, 0.15) is 5.75 Å². The molecule has 22 heavy (non-hydrogen) atoms. The molecule has 3 rings (SSSR count). The molecule has 0 amide bonds. The molecule has 4 nitrogen and oxygen atoms in total. The number of carboxylic acid groups (broad SMARTS) is 1. The summed E-state index contributed by atoms with van der Waals surface area (Å²) in [5.74, 6) is -0.514. The molecule has 0 radical (unpaired) electrons. The number of benzene rings is 2. The standard InChI is InChI=1S/C18H16O4/c1-22-16-6-4-11(5-7-16)17(19)13-3-2-12-8-15(18(20)21)10-14(12)9-13/h2-7,9,15H,8,10H2,1H3,(H,20,21). The van der Waals surface area contributed by atoms with Crippen LogP contribution in [0.2, 0.25) is 0 Å². The quantitative estimate of drug-likeness (QED) is 0.881. The Morgan fingerprint density at radius 2 is 1.64 bits per heavy atom. The van der Waals surface area contributed by atoms with Gasteiger partial charge >= 0.3 is 5.97 Å². The average molecular weight is 296 g/mol. The fraction of sp³-hybridized carbons (Fsp3) is 0.222. The monoisotopic (exact) mass is 296 g/mol. The number of rotatable bonds is 4. The second-order valence-corrected chi connectivity index (χ2v) is 5.48. The van der Waals surface area contributed by atoms with Gasteiger partial charge < -0.3 is 9.84 Å². The van der Waals surface area contributed by atoms with Crippen LogP contribution in [0.4, 0.5) is 0 Å². The molecule has 0 fully saturated rings. The average Bonchev–Trinajstić information content (AvgIpc) is 2.97. The molecule has 1 unspecified atom stereocenters. The molecule has 0 aromatic heterocycles. The summed E-state index contributed by atoms with van der Waals surface area (Å²) < 4.78 is 5.08. The van der Waals surface area contributed by atoms with Crippen molar-refractivity contribution >= 4 is 11.8 Å². The second-order valence-electron chi connectivity index (χ2n) is 5.48. The minimum Gasteiger partial charge on any atom is -0.497 e. The van der Waals surface area contributed by atoms with Crippen molar-refractivity contribution in [2.75, 3.05) is 7.11 Å². The highest BCUT2D eigenvalue weighted by molar-refractivity contribution is 6.09. The third kappa shape index (κ3) is 2.60. The summed E-state index contributed by atoms with van der Waals surface area (Å²) in [5.41, 5.74) is 3.17. The van der Waals surface area contributed by atoms with Crippen LogP contribution in [-0.4, -0.2) is 24.0 Å². The van der Waals surface area contributed by atoms with E-state index in [9.17, 15) is 9.59 Å². The van der Waals surface area contributed by atoms with Gasteiger partial charge in [0.2, 0.25) is 0 Å². The molecule has 0 bridgehead atoms. The molecule has 0 spiro atoms. The zero-order valence-corrected chi connectivity index (χ0v) is 12.2. The van der Waals surface area contributed by atoms with Gasteiger partial charge in [-0.1, -0.05) is 12.1 Å². The number of ether oxygens (including phenoxy) is 1. The first-order valence-corrected chi connectivity index (χ1v) is 7.12. The number of hydrogen-bond acceptors (Lipinski definition) is 3. The van der Waals surface area contributed by atoms with E-state index in [1.807, 2.05) is 12.1 Å². The summed E-state index contributed by atoms with van der Waals surface area (Å²) in [4.78, 5) is 23.6. The van der Waals surface area contributed by atoms with Gasteiger partial charge in [0, 0.05) is 11.1 Å². The van der Waals surface area contributed by atoms with Crippen molar-refractivity contribution in [3.8, 4) is 5.75 Å². The number of carbonyl (C=O) groups excluding carboxylic acids is 1. The Labute approximate surface area is 128 Å². The van der Waals surface area contributed by atoms with Crippen molar-refractivity contribution in [3.05, 3.63) is 64.7 Å². The summed E-state index contributed by atoms with van der Waals surface area (Å²) in [6.07, 6.45) is 1.04. The number of methoxy groups -OCH3 is 1. The molecule has 0 aliphatic heterocycles. The van der Waals surface area contributed by atoms with Crippen LogP contribution < -0.4 is 4.74 Å². The van der Waals surface area contributed by atoms with Gasteiger partial charge in [0.05, 0.1) is 13.0 Å². The Hall–Kier alpha value is -2.62. The molecular formula is C18H16O4. The smallest absolute Gasteiger partial charge is 0.307 e. The van der Waals surface area contributed by atoms with E-state index < -0.39 is 5.97 Å². The lowest BCUT2D eigenvalue weighted by molar-refractivity contribution is -0.141. The molecule has 4 heteroatoms. The summed E-state index contributed by atoms with van der Waals surface area (Å²) >= 11 is 0. The predicted octanol–water partition coefficient (Wildman–Crippen LogP) is 2.73. The van der Waals surface area contributed by atoms with E-state index in [4.69, 9.17) is 9.84 Å². The van der Waals surface area contributed by atoms with E-state index in [2.05, 4.69) is 0 Å². The van der Waals surface area contributed by atoms with Crippen LogP contribution >= 0.6 is 0 Å².